The molecule has 0 saturated heterocycles. The van der Waals surface area contributed by atoms with E-state index in [-0.39, 0.29) is 17.9 Å². The average Bonchev–Trinajstić information content (AvgIpc) is 3.08. The predicted octanol–water partition coefficient (Wildman–Crippen LogP) is 3.42. The van der Waals surface area contributed by atoms with Gasteiger partial charge in [0.1, 0.15) is 5.75 Å². The molecule has 0 amide bonds. The Hall–Kier alpha value is -3.10. The van der Waals surface area contributed by atoms with Crippen molar-refractivity contribution < 1.29 is 28.2 Å². The van der Waals surface area contributed by atoms with Crippen molar-refractivity contribution in [2.75, 3.05) is 20.0 Å². The van der Waals surface area contributed by atoms with E-state index in [0.29, 0.717) is 11.3 Å². The van der Waals surface area contributed by atoms with Gasteiger partial charge >= 0.3 is 5.97 Å². The lowest BCUT2D eigenvalue weighted by Gasteiger charge is -2.15. The van der Waals surface area contributed by atoms with Crippen molar-refractivity contribution in [3.05, 3.63) is 65.9 Å². The summed E-state index contributed by atoms with van der Waals surface area (Å²) in [5.74, 6) is -1.18. The Morgan fingerprint density at radius 2 is 1.71 bits per heavy atom. The molecule has 0 aliphatic rings. The Balaban J connectivity index is 2.22. The van der Waals surface area contributed by atoms with Crippen LogP contribution in [-0.2, 0) is 14.6 Å². The number of aliphatic hydroxyl groups excluding tert-OH is 1. The van der Waals surface area contributed by atoms with Gasteiger partial charge in [-0.3, -0.25) is 4.79 Å². The van der Waals surface area contributed by atoms with Crippen LogP contribution in [0.15, 0.2) is 59.5 Å². The lowest BCUT2D eigenvalue weighted by molar-refractivity contribution is -0.139. The fourth-order valence-corrected chi connectivity index (χ4v) is 4.30. The van der Waals surface area contributed by atoms with Gasteiger partial charge in [0.25, 0.3) is 0 Å². The molecule has 0 saturated carbocycles. The highest BCUT2D eigenvalue weighted by Gasteiger charge is 2.26. The second kappa shape index (κ2) is 8.95. The molecule has 1 atom stereocenters. The number of carboxylic acids is 1. The van der Waals surface area contributed by atoms with Crippen molar-refractivity contribution >= 4 is 15.8 Å². The summed E-state index contributed by atoms with van der Waals surface area (Å²) < 4.78 is 30.8. The van der Waals surface area contributed by atoms with Gasteiger partial charge in [0.2, 0.25) is 0 Å². The SMILES string of the molecule is COc1ccc(-n2c(-c3ccc(S(C)(=O)=O)cc3)cc(C(CCO)C(=O)O)c2C)cc1. The van der Waals surface area contributed by atoms with Crippen LogP contribution in [-0.4, -0.2) is 49.1 Å². The van der Waals surface area contributed by atoms with Crippen LogP contribution in [0.3, 0.4) is 0 Å². The fraction of sp³-hybridized carbons (Fsp3) is 0.261. The molecule has 1 aromatic heterocycles. The van der Waals surface area contributed by atoms with E-state index in [9.17, 15) is 23.4 Å². The molecule has 0 radical (unpaired) electrons. The first-order chi connectivity index (χ1) is 14.7. The van der Waals surface area contributed by atoms with Gasteiger partial charge in [0, 0.05) is 24.2 Å². The lowest BCUT2D eigenvalue weighted by atomic mass is 9.96. The summed E-state index contributed by atoms with van der Waals surface area (Å²) in [7, 11) is -1.75. The molecule has 1 heterocycles. The van der Waals surface area contributed by atoms with Crippen LogP contribution in [0, 0.1) is 6.92 Å². The summed E-state index contributed by atoms with van der Waals surface area (Å²) in [4.78, 5) is 12.1. The highest BCUT2D eigenvalue weighted by Crippen LogP contribution is 2.35. The first-order valence-electron chi connectivity index (χ1n) is 9.68. The molecule has 8 heteroatoms. The number of carboxylic acid groups (broad SMARTS) is 1. The molecule has 2 aromatic carbocycles. The van der Waals surface area contributed by atoms with Gasteiger partial charge < -0.3 is 19.5 Å². The zero-order valence-electron chi connectivity index (χ0n) is 17.6. The normalized spacial score (nSPS) is 12.5. The number of aliphatic carboxylic acids is 1. The summed E-state index contributed by atoms with van der Waals surface area (Å²) in [6.07, 6.45) is 1.24. The second-order valence-corrected chi connectivity index (χ2v) is 9.32. The number of ether oxygens (including phenoxy) is 1. The van der Waals surface area contributed by atoms with Crippen LogP contribution in [0.4, 0.5) is 0 Å². The van der Waals surface area contributed by atoms with E-state index in [1.54, 1.807) is 25.3 Å². The third-order valence-corrected chi connectivity index (χ3v) is 6.41. The molecule has 0 aliphatic carbocycles. The van der Waals surface area contributed by atoms with Crippen LogP contribution in [0.1, 0.15) is 23.6 Å². The second-order valence-electron chi connectivity index (χ2n) is 7.30. The largest absolute Gasteiger partial charge is 0.497 e. The van der Waals surface area contributed by atoms with E-state index in [1.807, 2.05) is 35.8 Å². The van der Waals surface area contributed by atoms with Crippen molar-refractivity contribution in [1.29, 1.82) is 0 Å². The quantitative estimate of drug-likeness (QED) is 0.553. The maximum Gasteiger partial charge on any atom is 0.311 e. The van der Waals surface area contributed by atoms with E-state index in [0.717, 1.165) is 28.9 Å². The van der Waals surface area contributed by atoms with E-state index >= 15 is 0 Å². The molecule has 164 valence electrons. The molecule has 0 aliphatic heterocycles. The molecular formula is C23H25NO6S. The van der Waals surface area contributed by atoms with Gasteiger partial charge in [0.05, 0.1) is 23.6 Å². The first kappa shape index (κ1) is 22.6. The number of hydrogen-bond acceptors (Lipinski definition) is 5. The van der Waals surface area contributed by atoms with E-state index in [2.05, 4.69) is 0 Å². The monoisotopic (exact) mass is 443 g/mol. The topological polar surface area (TPSA) is 106 Å². The number of carbonyl (C=O) groups is 1. The third-order valence-electron chi connectivity index (χ3n) is 5.29. The van der Waals surface area contributed by atoms with Crippen molar-refractivity contribution in [3.8, 4) is 22.7 Å². The molecule has 2 N–H and O–H groups in total. The fourth-order valence-electron chi connectivity index (χ4n) is 3.67. The minimum absolute atomic E-state index is 0.0925. The van der Waals surface area contributed by atoms with Crippen LogP contribution in [0.25, 0.3) is 16.9 Å². The summed E-state index contributed by atoms with van der Waals surface area (Å²) in [6.45, 7) is 1.59. The molecule has 0 spiro atoms. The highest BCUT2D eigenvalue weighted by molar-refractivity contribution is 7.90. The van der Waals surface area contributed by atoms with Crippen LogP contribution >= 0.6 is 0 Å². The molecule has 3 rings (SSSR count). The smallest absolute Gasteiger partial charge is 0.311 e. The standard InChI is InChI=1S/C23H25NO6S/c1-15-21(20(12-13-25)23(26)27)14-22(16-4-10-19(11-5-16)31(3,28)29)24(15)17-6-8-18(30-2)9-7-17/h4-11,14,20,25H,12-13H2,1-3H3,(H,26,27). The van der Waals surface area contributed by atoms with E-state index < -0.39 is 21.7 Å². The number of aromatic nitrogens is 1. The first-order valence-corrected chi connectivity index (χ1v) is 11.6. The van der Waals surface area contributed by atoms with Gasteiger partial charge in [-0.15, -0.1) is 0 Å². The zero-order chi connectivity index (χ0) is 22.8. The molecule has 1 unspecified atom stereocenters. The van der Waals surface area contributed by atoms with Crippen LogP contribution in [0.5, 0.6) is 5.75 Å². The molecule has 0 fully saturated rings. The molecular weight excluding hydrogens is 418 g/mol. The Morgan fingerprint density at radius 1 is 1.10 bits per heavy atom. The number of aliphatic hydroxyl groups is 1. The maximum absolute atomic E-state index is 11.9. The summed E-state index contributed by atoms with van der Waals surface area (Å²) in [6, 6.07) is 15.6. The number of sulfone groups is 1. The minimum atomic E-state index is -3.33. The average molecular weight is 444 g/mol. The highest BCUT2D eigenvalue weighted by atomic mass is 32.2. The van der Waals surface area contributed by atoms with Gasteiger partial charge in [-0.1, -0.05) is 12.1 Å². The van der Waals surface area contributed by atoms with Crippen molar-refractivity contribution in [2.24, 2.45) is 0 Å². The number of methoxy groups -OCH3 is 1. The number of benzene rings is 2. The van der Waals surface area contributed by atoms with Crippen molar-refractivity contribution in [2.45, 2.75) is 24.2 Å². The summed E-state index contributed by atoms with van der Waals surface area (Å²) >= 11 is 0. The number of nitrogens with zero attached hydrogens (tertiary/aromatic N) is 1. The molecule has 31 heavy (non-hydrogen) atoms. The van der Waals surface area contributed by atoms with Gasteiger partial charge in [0.15, 0.2) is 9.84 Å². The Labute approximate surface area is 181 Å². The van der Waals surface area contributed by atoms with Crippen LogP contribution in [0.2, 0.25) is 0 Å². The molecule has 3 aromatic rings. The Kier molecular flexibility index (Phi) is 6.52. The van der Waals surface area contributed by atoms with E-state index in [1.165, 1.54) is 12.1 Å². The number of hydrogen-bond donors (Lipinski definition) is 2. The zero-order valence-corrected chi connectivity index (χ0v) is 18.4. The number of rotatable bonds is 8. The summed E-state index contributed by atoms with van der Waals surface area (Å²) in [5, 5.41) is 19.1. The predicted molar refractivity (Wildman–Crippen MR) is 118 cm³/mol. The lowest BCUT2D eigenvalue weighted by Crippen LogP contribution is -2.14. The van der Waals surface area contributed by atoms with Crippen LogP contribution < -0.4 is 4.74 Å². The minimum Gasteiger partial charge on any atom is -0.497 e. The van der Waals surface area contributed by atoms with Gasteiger partial charge in [-0.2, -0.15) is 0 Å². The van der Waals surface area contributed by atoms with Crippen molar-refractivity contribution in [3.63, 3.8) is 0 Å². The Morgan fingerprint density at radius 3 is 2.19 bits per heavy atom. The summed E-state index contributed by atoms with van der Waals surface area (Å²) in [5.41, 5.74) is 3.60. The van der Waals surface area contributed by atoms with Crippen molar-refractivity contribution in [1.82, 2.24) is 4.57 Å². The maximum atomic E-state index is 11.9. The molecule has 7 nitrogen and oxygen atoms in total. The molecule has 0 bridgehead atoms. The van der Waals surface area contributed by atoms with Gasteiger partial charge in [-0.05, 0) is 66.9 Å². The van der Waals surface area contributed by atoms with Gasteiger partial charge in [-0.25, -0.2) is 8.42 Å². The third kappa shape index (κ3) is 4.65. The Bertz CT molecular complexity index is 1180. The van der Waals surface area contributed by atoms with E-state index in [4.69, 9.17) is 4.74 Å².